The molecule has 0 radical (unpaired) electrons. The molecule has 1 amide bonds. The number of hydrogen-bond acceptors (Lipinski definition) is 3. The largest absolute Gasteiger partial charge is 0.352 e. The highest BCUT2D eigenvalue weighted by Gasteiger charge is 2.45. The topological polar surface area (TPSA) is 63.2 Å². The highest BCUT2D eigenvalue weighted by Crippen LogP contribution is 2.51. The molecule has 116 valence electrons. The monoisotopic (exact) mass is 329 g/mol. The maximum Gasteiger partial charge on any atom is 0.261 e. The molecule has 21 heavy (non-hydrogen) atoms. The highest BCUT2D eigenvalue weighted by atomic mass is 35.7. The zero-order valence-corrected chi connectivity index (χ0v) is 14.2. The summed E-state index contributed by atoms with van der Waals surface area (Å²) < 4.78 is 23.1. The first-order valence-corrected chi connectivity index (χ1v) is 9.17. The average Bonchev–Trinajstić information content (AvgIpc) is 2.92. The molecule has 0 aromatic heterocycles. The van der Waals surface area contributed by atoms with Crippen LogP contribution < -0.4 is 5.32 Å². The average molecular weight is 330 g/mol. The minimum absolute atomic E-state index is 0.00771. The summed E-state index contributed by atoms with van der Waals surface area (Å²) in [5.74, 6) is 0.236. The first kappa shape index (κ1) is 16.3. The normalized spacial score (nSPS) is 20.1. The number of carbonyl (C=O) groups excluding carboxylic acids is 1. The van der Waals surface area contributed by atoms with Crippen molar-refractivity contribution in [2.45, 2.75) is 39.0 Å². The fourth-order valence-electron chi connectivity index (χ4n) is 2.58. The molecule has 1 fully saturated rings. The maximum atomic E-state index is 12.3. The van der Waals surface area contributed by atoms with Crippen molar-refractivity contribution in [1.82, 2.24) is 5.32 Å². The van der Waals surface area contributed by atoms with Gasteiger partial charge >= 0.3 is 0 Å². The van der Waals surface area contributed by atoms with Crippen LogP contribution in [0.2, 0.25) is 0 Å². The summed E-state index contributed by atoms with van der Waals surface area (Å²) in [4.78, 5) is 12.2. The fraction of sp³-hybridized carbons (Fsp3) is 0.533. The molecule has 1 N–H and O–H groups in total. The number of aryl methyl sites for hydroxylation is 2. The van der Waals surface area contributed by atoms with Crippen LogP contribution in [0, 0.1) is 25.2 Å². The van der Waals surface area contributed by atoms with Crippen LogP contribution >= 0.6 is 10.7 Å². The Morgan fingerprint density at radius 3 is 2.38 bits per heavy atom. The van der Waals surface area contributed by atoms with Gasteiger partial charge in [0.15, 0.2) is 0 Å². The molecule has 1 aromatic carbocycles. The van der Waals surface area contributed by atoms with Crippen molar-refractivity contribution in [3.63, 3.8) is 0 Å². The molecule has 1 aliphatic carbocycles. The molecular weight excluding hydrogens is 310 g/mol. The van der Waals surface area contributed by atoms with E-state index in [1.807, 2.05) is 0 Å². The van der Waals surface area contributed by atoms with Gasteiger partial charge in [-0.15, -0.1) is 0 Å². The summed E-state index contributed by atoms with van der Waals surface area (Å²) in [6, 6.07) is 3.03. The predicted octanol–water partition coefficient (Wildman–Crippen LogP) is 3.01. The quantitative estimate of drug-likeness (QED) is 0.864. The standard InChI is InChI=1S/C15H20ClNO3S/c1-9-5-10(2)13(21(16,19)20)6-12(9)14(18)17-8-11-7-15(11,3)4/h5-6,11H,7-8H2,1-4H3,(H,17,18). The molecule has 1 saturated carbocycles. The van der Waals surface area contributed by atoms with E-state index >= 15 is 0 Å². The third kappa shape index (κ3) is 3.58. The third-order valence-electron chi connectivity index (χ3n) is 4.26. The van der Waals surface area contributed by atoms with Crippen molar-refractivity contribution in [2.24, 2.45) is 11.3 Å². The second-order valence-electron chi connectivity index (χ2n) is 6.47. The van der Waals surface area contributed by atoms with Crippen molar-refractivity contribution in [3.05, 3.63) is 28.8 Å². The molecule has 0 aliphatic heterocycles. The van der Waals surface area contributed by atoms with Crippen molar-refractivity contribution in [2.75, 3.05) is 6.54 Å². The van der Waals surface area contributed by atoms with Gasteiger partial charge in [-0.3, -0.25) is 4.79 Å². The van der Waals surface area contributed by atoms with Gasteiger partial charge < -0.3 is 5.32 Å². The fourth-order valence-corrected chi connectivity index (χ4v) is 3.78. The Bertz CT molecular complexity index is 695. The van der Waals surface area contributed by atoms with E-state index in [0.29, 0.717) is 29.0 Å². The second-order valence-corrected chi connectivity index (χ2v) is 9.00. The Morgan fingerprint density at radius 1 is 1.33 bits per heavy atom. The Hall–Kier alpha value is -1.07. The molecule has 1 atom stereocenters. The van der Waals surface area contributed by atoms with E-state index in [1.54, 1.807) is 19.9 Å². The summed E-state index contributed by atoms with van der Waals surface area (Å²) in [6.45, 7) is 8.39. The third-order valence-corrected chi connectivity index (χ3v) is 5.72. The molecule has 1 aliphatic rings. The number of benzene rings is 1. The number of amides is 1. The molecule has 6 heteroatoms. The van der Waals surface area contributed by atoms with Crippen LogP contribution in [-0.2, 0) is 9.05 Å². The molecule has 0 heterocycles. The van der Waals surface area contributed by atoms with Gasteiger partial charge in [0, 0.05) is 22.8 Å². The summed E-state index contributed by atoms with van der Waals surface area (Å²) >= 11 is 0. The lowest BCUT2D eigenvalue weighted by molar-refractivity contribution is 0.0950. The summed E-state index contributed by atoms with van der Waals surface area (Å²) in [5.41, 5.74) is 1.94. The van der Waals surface area contributed by atoms with Crippen LogP contribution in [-0.4, -0.2) is 20.9 Å². The Labute approximate surface area is 130 Å². The molecule has 0 bridgehead atoms. The van der Waals surface area contributed by atoms with E-state index in [1.165, 1.54) is 6.07 Å². The van der Waals surface area contributed by atoms with E-state index in [9.17, 15) is 13.2 Å². The minimum Gasteiger partial charge on any atom is -0.352 e. The summed E-state index contributed by atoms with van der Waals surface area (Å²) in [6.07, 6.45) is 1.10. The smallest absolute Gasteiger partial charge is 0.261 e. The lowest BCUT2D eigenvalue weighted by atomic mass is 10.0. The SMILES string of the molecule is Cc1cc(C)c(S(=O)(=O)Cl)cc1C(=O)NCC1CC1(C)C. The molecule has 1 unspecified atom stereocenters. The van der Waals surface area contributed by atoms with E-state index < -0.39 is 9.05 Å². The first-order valence-electron chi connectivity index (χ1n) is 6.86. The molecule has 1 aromatic rings. The van der Waals surface area contributed by atoms with Gasteiger partial charge in [0.2, 0.25) is 0 Å². The lowest BCUT2D eigenvalue weighted by Crippen LogP contribution is -2.27. The van der Waals surface area contributed by atoms with Gasteiger partial charge in [-0.25, -0.2) is 8.42 Å². The minimum atomic E-state index is -3.85. The maximum absolute atomic E-state index is 12.3. The van der Waals surface area contributed by atoms with Gasteiger partial charge in [-0.1, -0.05) is 19.9 Å². The second kappa shape index (κ2) is 5.29. The number of halogens is 1. The zero-order chi connectivity index (χ0) is 16.0. The van der Waals surface area contributed by atoms with Gasteiger partial charge in [0.1, 0.15) is 0 Å². The van der Waals surface area contributed by atoms with Crippen LogP contribution in [0.5, 0.6) is 0 Å². The van der Waals surface area contributed by atoms with Gasteiger partial charge in [-0.2, -0.15) is 0 Å². The lowest BCUT2D eigenvalue weighted by Gasteiger charge is -2.11. The zero-order valence-electron chi connectivity index (χ0n) is 12.7. The van der Waals surface area contributed by atoms with Crippen molar-refractivity contribution >= 4 is 25.6 Å². The van der Waals surface area contributed by atoms with Gasteiger partial charge in [-0.05, 0) is 48.8 Å². The van der Waals surface area contributed by atoms with E-state index in [2.05, 4.69) is 19.2 Å². The number of hydrogen-bond donors (Lipinski definition) is 1. The van der Waals surface area contributed by atoms with Crippen LogP contribution in [0.25, 0.3) is 0 Å². The van der Waals surface area contributed by atoms with Crippen LogP contribution in [0.3, 0.4) is 0 Å². The van der Waals surface area contributed by atoms with E-state index in [4.69, 9.17) is 10.7 Å². The predicted molar refractivity (Wildman–Crippen MR) is 83.2 cm³/mol. The highest BCUT2D eigenvalue weighted by molar-refractivity contribution is 8.13. The Balaban J connectivity index is 2.21. The molecular formula is C15H20ClNO3S. The summed E-state index contributed by atoms with van der Waals surface area (Å²) in [5, 5.41) is 2.88. The Morgan fingerprint density at radius 2 is 1.90 bits per heavy atom. The van der Waals surface area contributed by atoms with Gasteiger partial charge in [0.25, 0.3) is 15.0 Å². The van der Waals surface area contributed by atoms with Crippen LogP contribution in [0.1, 0.15) is 41.8 Å². The van der Waals surface area contributed by atoms with Crippen molar-refractivity contribution in [3.8, 4) is 0 Å². The van der Waals surface area contributed by atoms with Crippen molar-refractivity contribution in [1.29, 1.82) is 0 Å². The van der Waals surface area contributed by atoms with Crippen molar-refractivity contribution < 1.29 is 13.2 Å². The van der Waals surface area contributed by atoms with Crippen LogP contribution in [0.15, 0.2) is 17.0 Å². The molecule has 0 spiro atoms. The number of rotatable bonds is 4. The Kier molecular flexibility index (Phi) is 4.10. The molecule has 0 saturated heterocycles. The van der Waals surface area contributed by atoms with Gasteiger partial charge in [0.05, 0.1) is 4.90 Å². The van der Waals surface area contributed by atoms with E-state index in [-0.39, 0.29) is 10.8 Å². The van der Waals surface area contributed by atoms with E-state index in [0.717, 1.165) is 12.0 Å². The number of carbonyl (C=O) groups is 1. The number of nitrogens with one attached hydrogen (secondary N) is 1. The first-order chi connectivity index (χ1) is 9.52. The molecule has 4 nitrogen and oxygen atoms in total. The van der Waals surface area contributed by atoms with Crippen LogP contribution in [0.4, 0.5) is 0 Å². The molecule has 2 rings (SSSR count). The summed E-state index contributed by atoms with van der Waals surface area (Å²) in [7, 11) is 1.56.